The van der Waals surface area contributed by atoms with Crippen LogP contribution in [-0.4, -0.2) is 18.5 Å². The van der Waals surface area contributed by atoms with Crippen LogP contribution in [0, 0.1) is 0 Å². The topological polar surface area (TPSA) is 26.3 Å². The van der Waals surface area contributed by atoms with Crippen LogP contribution in [-0.2, 0) is 16.0 Å². The number of hydrogen-bond acceptors (Lipinski definition) is 3. The Balaban J connectivity index is 1.74. The number of Topliss-reactive ketones (excluding diaryl/α,β-unsaturated/α-hetero) is 1. The molecule has 1 aromatic heterocycles. The third-order valence-corrected chi connectivity index (χ3v) is 5.63. The molecule has 0 radical (unpaired) electrons. The second kappa shape index (κ2) is 4.78. The Morgan fingerprint density at radius 2 is 2.33 bits per heavy atom. The minimum atomic E-state index is -0.120. The average Bonchev–Trinajstić information content (AvgIpc) is 2.81. The van der Waals surface area contributed by atoms with Crippen LogP contribution in [0.5, 0.6) is 0 Å². The number of methoxy groups -OCH3 is 1. The molecule has 2 aliphatic carbocycles. The van der Waals surface area contributed by atoms with E-state index in [9.17, 15) is 4.79 Å². The van der Waals surface area contributed by atoms with E-state index >= 15 is 0 Å². The van der Waals surface area contributed by atoms with Gasteiger partial charge < -0.3 is 4.74 Å². The van der Waals surface area contributed by atoms with Gasteiger partial charge in [0, 0.05) is 24.3 Å². The lowest BCUT2D eigenvalue weighted by molar-refractivity contribution is -0.133. The molecule has 98 valence electrons. The van der Waals surface area contributed by atoms with Crippen molar-refractivity contribution in [2.45, 2.75) is 56.5 Å². The van der Waals surface area contributed by atoms with Gasteiger partial charge >= 0.3 is 0 Å². The highest BCUT2D eigenvalue weighted by Crippen LogP contribution is 2.42. The molecule has 0 bridgehead atoms. The van der Waals surface area contributed by atoms with Gasteiger partial charge in [0.2, 0.25) is 0 Å². The Hall–Kier alpha value is -0.670. The predicted octanol–water partition coefficient (Wildman–Crippen LogP) is 3.70. The molecule has 0 aliphatic heterocycles. The first-order valence-corrected chi connectivity index (χ1v) is 7.76. The largest absolute Gasteiger partial charge is 0.378 e. The number of aryl methyl sites for hydroxylation is 1. The third kappa shape index (κ3) is 2.04. The smallest absolute Gasteiger partial charge is 0.143 e. The molecule has 0 N–H and O–H groups in total. The van der Waals surface area contributed by atoms with E-state index in [-0.39, 0.29) is 11.5 Å². The van der Waals surface area contributed by atoms with Crippen molar-refractivity contribution in [2.24, 2.45) is 0 Å². The van der Waals surface area contributed by atoms with Gasteiger partial charge in [-0.15, -0.1) is 11.3 Å². The monoisotopic (exact) mass is 264 g/mol. The fourth-order valence-electron chi connectivity index (χ4n) is 3.29. The summed E-state index contributed by atoms with van der Waals surface area (Å²) in [4.78, 5) is 14.0. The molecule has 0 saturated heterocycles. The van der Waals surface area contributed by atoms with E-state index in [2.05, 4.69) is 11.4 Å². The SMILES string of the molecule is COC1(CC(=O)C2CCCc3sccc32)CCC1. The summed E-state index contributed by atoms with van der Waals surface area (Å²) < 4.78 is 5.59. The Kier molecular flexibility index (Phi) is 3.29. The van der Waals surface area contributed by atoms with Crippen LogP contribution in [0.25, 0.3) is 0 Å². The van der Waals surface area contributed by atoms with Gasteiger partial charge in [-0.2, -0.15) is 0 Å². The zero-order valence-electron chi connectivity index (χ0n) is 10.9. The highest BCUT2D eigenvalue weighted by atomic mass is 32.1. The van der Waals surface area contributed by atoms with Gasteiger partial charge in [0.25, 0.3) is 0 Å². The molecule has 1 unspecified atom stereocenters. The first-order valence-electron chi connectivity index (χ1n) is 6.88. The van der Waals surface area contributed by atoms with Crippen LogP contribution >= 0.6 is 11.3 Å². The lowest BCUT2D eigenvalue weighted by atomic mass is 9.73. The van der Waals surface area contributed by atoms with Crippen LogP contribution in [0.1, 0.15) is 54.9 Å². The van der Waals surface area contributed by atoms with Crippen LogP contribution in [0.4, 0.5) is 0 Å². The number of hydrogen-bond donors (Lipinski definition) is 0. The number of ketones is 1. The molecule has 3 heteroatoms. The van der Waals surface area contributed by atoms with E-state index in [1.165, 1.54) is 16.9 Å². The molecule has 3 rings (SSSR count). The number of fused-ring (bicyclic) bond motifs is 1. The molecular formula is C15H20O2S. The number of thiophene rings is 1. The highest BCUT2D eigenvalue weighted by molar-refractivity contribution is 7.10. The lowest BCUT2D eigenvalue weighted by Gasteiger charge is -2.41. The normalized spacial score (nSPS) is 25.3. The first kappa shape index (κ1) is 12.4. The van der Waals surface area contributed by atoms with Gasteiger partial charge in [-0.05, 0) is 55.5 Å². The molecule has 18 heavy (non-hydrogen) atoms. The molecule has 2 aliphatic rings. The second-order valence-electron chi connectivity index (χ2n) is 5.63. The first-order chi connectivity index (χ1) is 8.74. The van der Waals surface area contributed by atoms with Crippen molar-refractivity contribution < 1.29 is 9.53 Å². The van der Waals surface area contributed by atoms with Crippen molar-refractivity contribution in [3.05, 3.63) is 21.9 Å². The molecule has 1 aromatic rings. The van der Waals surface area contributed by atoms with E-state index in [0.29, 0.717) is 12.2 Å². The quantitative estimate of drug-likeness (QED) is 0.829. The van der Waals surface area contributed by atoms with Crippen molar-refractivity contribution in [1.82, 2.24) is 0 Å². The second-order valence-corrected chi connectivity index (χ2v) is 6.63. The molecule has 1 atom stereocenters. The van der Waals surface area contributed by atoms with E-state index < -0.39 is 0 Å². The van der Waals surface area contributed by atoms with Crippen LogP contribution in [0.2, 0.25) is 0 Å². The van der Waals surface area contributed by atoms with Gasteiger partial charge in [-0.25, -0.2) is 0 Å². The minimum Gasteiger partial charge on any atom is -0.378 e. The van der Waals surface area contributed by atoms with E-state index in [4.69, 9.17) is 4.74 Å². The summed E-state index contributed by atoms with van der Waals surface area (Å²) in [5, 5.41) is 2.13. The Morgan fingerprint density at radius 3 is 3.00 bits per heavy atom. The van der Waals surface area contributed by atoms with Gasteiger partial charge in [-0.3, -0.25) is 4.79 Å². The summed E-state index contributed by atoms with van der Waals surface area (Å²) in [6.07, 6.45) is 7.27. The molecular weight excluding hydrogens is 244 g/mol. The third-order valence-electron chi connectivity index (χ3n) is 4.63. The van der Waals surface area contributed by atoms with Crippen LogP contribution in [0.15, 0.2) is 11.4 Å². The minimum absolute atomic E-state index is 0.120. The summed E-state index contributed by atoms with van der Waals surface area (Å²) in [6, 6.07) is 2.15. The summed E-state index contributed by atoms with van der Waals surface area (Å²) >= 11 is 1.81. The maximum atomic E-state index is 12.6. The van der Waals surface area contributed by atoms with Crippen molar-refractivity contribution >= 4 is 17.1 Å². The zero-order chi connectivity index (χ0) is 12.6. The number of rotatable bonds is 4. The van der Waals surface area contributed by atoms with Crippen LogP contribution < -0.4 is 0 Å². The number of carbonyl (C=O) groups excluding carboxylic acids is 1. The molecule has 1 fully saturated rings. The standard InChI is InChI=1S/C15H20O2S/c1-17-15(7-3-8-15)10-13(16)11-4-2-5-14-12(11)6-9-18-14/h6,9,11H,2-5,7-8,10H2,1H3. The maximum absolute atomic E-state index is 12.6. The number of ether oxygens (including phenoxy) is 1. The Bertz CT molecular complexity index is 440. The fourth-order valence-corrected chi connectivity index (χ4v) is 4.27. The molecule has 0 amide bonds. The van der Waals surface area contributed by atoms with Gasteiger partial charge in [-0.1, -0.05) is 0 Å². The molecule has 1 saturated carbocycles. The van der Waals surface area contributed by atoms with Gasteiger partial charge in [0.1, 0.15) is 5.78 Å². The highest BCUT2D eigenvalue weighted by Gasteiger charge is 2.41. The zero-order valence-corrected chi connectivity index (χ0v) is 11.7. The Labute approximate surface area is 112 Å². The van der Waals surface area contributed by atoms with E-state index in [1.54, 1.807) is 18.4 Å². The average molecular weight is 264 g/mol. The lowest BCUT2D eigenvalue weighted by Crippen LogP contribution is -2.42. The van der Waals surface area contributed by atoms with Gasteiger partial charge in [0.15, 0.2) is 0 Å². The number of carbonyl (C=O) groups is 1. The van der Waals surface area contributed by atoms with Crippen molar-refractivity contribution in [3.63, 3.8) is 0 Å². The van der Waals surface area contributed by atoms with Crippen LogP contribution in [0.3, 0.4) is 0 Å². The summed E-state index contributed by atoms with van der Waals surface area (Å²) in [6.45, 7) is 0. The maximum Gasteiger partial charge on any atom is 0.143 e. The summed E-state index contributed by atoms with van der Waals surface area (Å²) in [7, 11) is 1.75. The van der Waals surface area contributed by atoms with Crippen molar-refractivity contribution in [3.8, 4) is 0 Å². The van der Waals surface area contributed by atoms with E-state index in [1.807, 2.05) is 0 Å². The predicted molar refractivity (Wildman–Crippen MR) is 73.2 cm³/mol. The molecule has 1 heterocycles. The molecule has 0 aromatic carbocycles. The summed E-state index contributed by atoms with van der Waals surface area (Å²) in [5.74, 6) is 0.545. The molecule has 0 spiro atoms. The van der Waals surface area contributed by atoms with Crippen molar-refractivity contribution in [2.75, 3.05) is 7.11 Å². The molecule has 2 nitrogen and oxygen atoms in total. The summed E-state index contributed by atoms with van der Waals surface area (Å²) in [5.41, 5.74) is 1.19. The Morgan fingerprint density at radius 1 is 1.50 bits per heavy atom. The van der Waals surface area contributed by atoms with E-state index in [0.717, 1.165) is 32.1 Å². The van der Waals surface area contributed by atoms with Gasteiger partial charge in [0.05, 0.1) is 5.60 Å². The van der Waals surface area contributed by atoms with Crippen molar-refractivity contribution in [1.29, 1.82) is 0 Å². The fraction of sp³-hybridized carbons (Fsp3) is 0.667.